The largest absolute Gasteiger partial charge is 0.486 e. The molecule has 4 heteroatoms. The van der Waals surface area contributed by atoms with Crippen molar-refractivity contribution in [2.75, 3.05) is 6.61 Å². The van der Waals surface area contributed by atoms with E-state index in [9.17, 15) is 13.2 Å². The molecule has 0 aliphatic heterocycles. The van der Waals surface area contributed by atoms with Crippen LogP contribution in [0.15, 0.2) is 73.3 Å². The van der Waals surface area contributed by atoms with E-state index in [1.807, 2.05) is 6.07 Å². The monoisotopic (exact) mass is 434 g/mol. The van der Waals surface area contributed by atoms with Gasteiger partial charge in [-0.3, -0.25) is 0 Å². The molecule has 0 spiro atoms. The molecule has 0 amide bonds. The molecule has 1 unspecified atom stereocenters. The van der Waals surface area contributed by atoms with Gasteiger partial charge in [0.1, 0.15) is 12.4 Å². The summed E-state index contributed by atoms with van der Waals surface area (Å²) in [6, 6.07) is 14.9. The summed E-state index contributed by atoms with van der Waals surface area (Å²) < 4.78 is 48.9. The van der Waals surface area contributed by atoms with E-state index in [0.717, 1.165) is 24.8 Å². The second kappa shape index (κ2) is 9.47. The Balaban J connectivity index is 1.58. The molecule has 32 heavy (non-hydrogen) atoms. The molecule has 1 aliphatic carbocycles. The van der Waals surface area contributed by atoms with Crippen molar-refractivity contribution in [3.8, 4) is 28.0 Å². The van der Waals surface area contributed by atoms with Crippen LogP contribution in [0.4, 0.5) is 13.2 Å². The molecule has 1 nitrogen and oxygen atoms in total. The van der Waals surface area contributed by atoms with Crippen LogP contribution in [0.3, 0.4) is 0 Å². The second-order valence-electron chi connectivity index (χ2n) is 8.22. The smallest absolute Gasteiger partial charge is 0.201 e. The van der Waals surface area contributed by atoms with Gasteiger partial charge in [-0.1, -0.05) is 62.1 Å². The minimum Gasteiger partial charge on any atom is -0.486 e. The van der Waals surface area contributed by atoms with Crippen LogP contribution in [0, 0.1) is 23.4 Å². The number of rotatable bonds is 6. The van der Waals surface area contributed by atoms with Crippen LogP contribution in [0.25, 0.3) is 27.8 Å². The van der Waals surface area contributed by atoms with Crippen molar-refractivity contribution in [2.24, 2.45) is 5.92 Å². The molecule has 0 bridgehead atoms. The maximum Gasteiger partial charge on any atom is 0.201 e. The quantitative estimate of drug-likeness (QED) is 0.355. The molecule has 164 valence electrons. The number of ether oxygens (including phenoxy) is 1. The van der Waals surface area contributed by atoms with Gasteiger partial charge < -0.3 is 4.74 Å². The summed E-state index contributed by atoms with van der Waals surface area (Å²) in [7, 11) is 0. The SMILES string of the molecule is C=CCOc1ccc(-c2ccc(-c3ccc(C4=CCC(C)CC4)cc3F)cc2)c(F)c1F. The van der Waals surface area contributed by atoms with Gasteiger partial charge in [0.05, 0.1) is 0 Å². The minimum absolute atomic E-state index is 0.0885. The number of allylic oxidation sites excluding steroid dienone is 2. The molecule has 1 aliphatic rings. The van der Waals surface area contributed by atoms with Crippen LogP contribution in [-0.2, 0) is 0 Å². The van der Waals surface area contributed by atoms with E-state index in [4.69, 9.17) is 4.74 Å². The van der Waals surface area contributed by atoms with Crippen molar-refractivity contribution >= 4 is 5.57 Å². The summed E-state index contributed by atoms with van der Waals surface area (Å²) in [5.74, 6) is -1.80. The second-order valence-corrected chi connectivity index (χ2v) is 8.22. The van der Waals surface area contributed by atoms with Gasteiger partial charge in [0.2, 0.25) is 5.82 Å². The van der Waals surface area contributed by atoms with Crippen LogP contribution < -0.4 is 4.74 Å². The summed E-state index contributed by atoms with van der Waals surface area (Å²) >= 11 is 0. The molecule has 0 saturated carbocycles. The van der Waals surface area contributed by atoms with Crippen LogP contribution >= 0.6 is 0 Å². The zero-order chi connectivity index (χ0) is 22.7. The molecular formula is C28H25F3O. The lowest BCUT2D eigenvalue weighted by Gasteiger charge is -2.19. The molecule has 0 heterocycles. The van der Waals surface area contributed by atoms with Crippen molar-refractivity contribution in [2.45, 2.75) is 26.2 Å². The van der Waals surface area contributed by atoms with Crippen molar-refractivity contribution in [1.82, 2.24) is 0 Å². The van der Waals surface area contributed by atoms with E-state index in [1.54, 1.807) is 36.4 Å². The fourth-order valence-electron chi connectivity index (χ4n) is 4.02. The lowest BCUT2D eigenvalue weighted by molar-refractivity contribution is 0.333. The highest BCUT2D eigenvalue weighted by molar-refractivity contribution is 5.74. The van der Waals surface area contributed by atoms with Gasteiger partial charge in [-0.2, -0.15) is 4.39 Å². The summed E-state index contributed by atoms with van der Waals surface area (Å²) in [6.45, 7) is 5.81. The first-order valence-electron chi connectivity index (χ1n) is 10.8. The van der Waals surface area contributed by atoms with E-state index < -0.39 is 11.6 Å². The van der Waals surface area contributed by atoms with Gasteiger partial charge in [-0.25, -0.2) is 8.78 Å². The average molecular weight is 435 g/mol. The first-order valence-corrected chi connectivity index (χ1v) is 10.8. The highest BCUT2D eigenvalue weighted by Gasteiger charge is 2.17. The topological polar surface area (TPSA) is 9.23 Å². The third kappa shape index (κ3) is 4.50. The third-order valence-corrected chi connectivity index (χ3v) is 5.92. The normalized spacial score (nSPS) is 15.9. The Labute approximate surface area is 186 Å². The molecule has 0 radical (unpaired) electrons. The molecule has 0 saturated heterocycles. The lowest BCUT2D eigenvalue weighted by Crippen LogP contribution is -2.01. The number of halogens is 3. The van der Waals surface area contributed by atoms with Gasteiger partial charge in [0.15, 0.2) is 11.6 Å². The Kier molecular flexibility index (Phi) is 6.50. The van der Waals surface area contributed by atoms with Gasteiger partial charge in [-0.05, 0) is 65.6 Å². The molecule has 4 rings (SSSR count). The molecule has 3 aromatic rings. The van der Waals surface area contributed by atoms with Crippen LogP contribution in [0.2, 0.25) is 0 Å². The Morgan fingerprint density at radius 2 is 1.56 bits per heavy atom. The highest BCUT2D eigenvalue weighted by atomic mass is 19.2. The Hall–Kier alpha value is -3.27. The first kappa shape index (κ1) is 21.9. The van der Waals surface area contributed by atoms with Crippen LogP contribution in [0.5, 0.6) is 5.75 Å². The lowest BCUT2D eigenvalue weighted by atomic mass is 9.87. The molecule has 0 aromatic heterocycles. The number of hydrogen-bond donors (Lipinski definition) is 0. The van der Waals surface area contributed by atoms with Crippen LogP contribution in [0.1, 0.15) is 31.7 Å². The maximum absolute atomic E-state index is 14.9. The summed E-state index contributed by atoms with van der Waals surface area (Å²) in [6.07, 6.45) is 6.78. The fourth-order valence-corrected chi connectivity index (χ4v) is 4.02. The van der Waals surface area contributed by atoms with Gasteiger partial charge in [0, 0.05) is 11.1 Å². The Morgan fingerprint density at radius 1 is 0.906 bits per heavy atom. The Morgan fingerprint density at radius 3 is 2.19 bits per heavy atom. The predicted molar refractivity (Wildman–Crippen MR) is 124 cm³/mol. The van der Waals surface area contributed by atoms with E-state index in [1.165, 1.54) is 23.8 Å². The summed E-state index contributed by atoms with van der Waals surface area (Å²) in [4.78, 5) is 0. The molecular weight excluding hydrogens is 409 g/mol. The molecule has 0 N–H and O–H groups in total. The standard InChI is InChI=1S/C28H25F3O/c1-3-16-32-26-15-14-24(27(30)28(26)31)21-10-8-20(9-11-21)23-13-12-22(17-25(23)29)19-6-4-18(2)5-7-19/h3,6,8-15,17-18H,1,4-5,7,16H2,2H3. The maximum atomic E-state index is 14.9. The van der Waals surface area contributed by atoms with Crippen molar-refractivity contribution in [1.29, 1.82) is 0 Å². The Bertz CT molecular complexity index is 1160. The number of hydrogen-bond acceptors (Lipinski definition) is 1. The van der Waals surface area contributed by atoms with Crippen molar-refractivity contribution in [3.63, 3.8) is 0 Å². The zero-order valence-electron chi connectivity index (χ0n) is 18.0. The van der Waals surface area contributed by atoms with E-state index in [0.29, 0.717) is 22.6 Å². The fraction of sp³-hybridized carbons (Fsp3) is 0.214. The van der Waals surface area contributed by atoms with E-state index in [-0.39, 0.29) is 23.7 Å². The number of benzene rings is 3. The molecule has 3 aromatic carbocycles. The molecule has 1 atom stereocenters. The van der Waals surface area contributed by atoms with Crippen molar-refractivity contribution < 1.29 is 17.9 Å². The zero-order valence-corrected chi connectivity index (χ0v) is 18.0. The summed E-state index contributed by atoms with van der Waals surface area (Å²) in [5, 5.41) is 0. The van der Waals surface area contributed by atoms with E-state index >= 15 is 0 Å². The minimum atomic E-state index is -1.04. The highest BCUT2D eigenvalue weighted by Crippen LogP contribution is 2.34. The van der Waals surface area contributed by atoms with Gasteiger partial charge >= 0.3 is 0 Å². The van der Waals surface area contributed by atoms with Gasteiger partial charge in [0.25, 0.3) is 0 Å². The van der Waals surface area contributed by atoms with E-state index in [2.05, 4.69) is 19.6 Å². The van der Waals surface area contributed by atoms with Crippen LogP contribution in [-0.4, -0.2) is 6.61 Å². The molecule has 0 fully saturated rings. The first-order chi connectivity index (χ1) is 15.5. The van der Waals surface area contributed by atoms with Gasteiger partial charge in [-0.15, -0.1) is 0 Å². The average Bonchev–Trinajstić information content (AvgIpc) is 2.81. The van der Waals surface area contributed by atoms with Crippen molar-refractivity contribution in [3.05, 3.63) is 96.3 Å². The predicted octanol–water partition coefficient (Wildman–Crippen LogP) is 8.21. The third-order valence-electron chi connectivity index (χ3n) is 5.92. The summed E-state index contributed by atoms with van der Waals surface area (Å²) in [5.41, 5.74) is 3.89.